The number of anilines is 1. The van der Waals surface area contributed by atoms with Crippen molar-refractivity contribution in [3.8, 4) is 11.8 Å². The number of carboxylic acid groups (broad SMARTS) is 1. The number of nitrogens with zero attached hydrogens (tertiary/aromatic N) is 2. The van der Waals surface area contributed by atoms with E-state index < -0.39 is 11.9 Å². The third kappa shape index (κ3) is 4.01. The Balaban J connectivity index is 1.76. The smallest absolute Gasteiger partial charge is 0.306 e. The molecule has 2 aromatic carbocycles. The minimum Gasteiger partial charge on any atom is -0.507 e. The van der Waals surface area contributed by atoms with Gasteiger partial charge in [-0.1, -0.05) is 24.3 Å². The van der Waals surface area contributed by atoms with Crippen LogP contribution < -0.4 is 5.32 Å². The number of benzene rings is 2. The van der Waals surface area contributed by atoms with Crippen molar-refractivity contribution >= 4 is 28.3 Å². The Morgan fingerprint density at radius 2 is 1.81 bits per heavy atom. The van der Waals surface area contributed by atoms with Crippen LogP contribution in [0.25, 0.3) is 10.8 Å². The second kappa shape index (κ2) is 7.79. The highest BCUT2D eigenvalue weighted by Gasteiger charge is 2.24. The predicted octanol–water partition coefficient (Wildman–Crippen LogP) is 2.69. The lowest BCUT2D eigenvalue weighted by Crippen LogP contribution is -2.33. The number of carboxylic acids is 1. The van der Waals surface area contributed by atoms with Gasteiger partial charge in [0.15, 0.2) is 0 Å². The van der Waals surface area contributed by atoms with E-state index in [1.54, 1.807) is 41.3 Å². The first-order valence-corrected chi connectivity index (χ1v) is 8.60. The maximum Gasteiger partial charge on any atom is 0.306 e. The van der Waals surface area contributed by atoms with E-state index in [9.17, 15) is 20.0 Å². The molecule has 0 unspecified atom stereocenters. The molecule has 0 spiro atoms. The van der Waals surface area contributed by atoms with Crippen LogP contribution in [0.4, 0.5) is 5.69 Å². The van der Waals surface area contributed by atoms with Gasteiger partial charge in [0, 0.05) is 35.7 Å². The number of phenols is 1. The second-order valence-electron chi connectivity index (χ2n) is 6.44. The summed E-state index contributed by atoms with van der Waals surface area (Å²) in [7, 11) is 0. The van der Waals surface area contributed by atoms with E-state index in [1.807, 2.05) is 6.07 Å². The number of nitrogens with one attached hydrogen (secondary N) is 1. The molecule has 1 heterocycles. The van der Waals surface area contributed by atoms with Crippen LogP contribution >= 0.6 is 0 Å². The SMILES string of the molecule is N#C/C(=C/N1CCC(C(=O)O)CC1)C(=O)Nc1cccc2c(O)cccc12. The molecule has 1 aliphatic rings. The third-order valence-corrected chi connectivity index (χ3v) is 4.70. The zero-order chi connectivity index (χ0) is 19.4. The third-order valence-electron chi connectivity index (χ3n) is 4.70. The molecule has 138 valence electrons. The number of piperidine rings is 1. The summed E-state index contributed by atoms with van der Waals surface area (Å²) in [5, 5.41) is 32.3. The molecule has 3 rings (SSSR count). The Labute approximate surface area is 156 Å². The minimum atomic E-state index is -0.809. The van der Waals surface area contributed by atoms with Crippen molar-refractivity contribution in [2.75, 3.05) is 18.4 Å². The number of phenolic OH excluding ortho intramolecular Hbond substituents is 1. The van der Waals surface area contributed by atoms with Gasteiger partial charge in [-0.05, 0) is 25.0 Å². The van der Waals surface area contributed by atoms with E-state index in [1.165, 1.54) is 6.20 Å². The molecule has 27 heavy (non-hydrogen) atoms. The number of aromatic hydroxyl groups is 1. The van der Waals surface area contributed by atoms with Crippen molar-refractivity contribution in [3.63, 3.8) is 0 Å². The van der Waals surface area contributed by atoms with Gasteiger partial charge < -0.3 is 20.4 Å². The Morgan fingerprint density at radius 1 is 1.15 bits per heavy atom. The zero-order valence-corrected chi connectivity index (χ0v) is 14.6. The number of carbonyl (C=O) groups excluding carboxylic acids is 1. The van der Waals surface area contributed by atoms with Crippen LogP contribution in [0, 0.1) is 17.2 Å². The molecular weight excluding hydrogens is 346 g/mol. The molecule has 1 amide bonds. The van der Waals surface area contributed by atoms with Gasteiger partial charge in [-0.25, -0.2) is 0 Å². The molecule has 0 aromatic heterocycles. The molecule has 1 aliphatic heterocycles. The van der Waals surface area contributed by atoms with Gasteiger partial charge in [0.05, 0.1) is 5.92 Å². The number of rotatable bonds is 4. The van der Waals surface area contributed by atoms with E-state index in [4.69, 9.17) is 5.11 Å². The molecule has 2 aromatic rings. The maximum atomic E-state index is 12.5. The summed E-state index contributed by atoms with van der Waals surface area (Å²) < 4.78 is 0. The van der Waals surface area contributed by atoms with Crippen LogP contribution in [0.5, 0.6) is 5.75 Å². The van der Waals surface area contributed by atoms with Crippen molar-refractivity contribution < 1.29 is 19.8 Å². The Kier molecular flexibility index (Phi) is 5.27. The molecule has 0 radical (unpaired) electrons. The summed E-state index contributed by atoms with van der Waals surface area (Å²) in [5.41, 5.74) is 0.445. The second-order valence-corrected chi connectivity index (χ2v) is 6.44. The fourth-order valence-electron chi connectivity index (χ4n) is 3.19. The first kappa shape index (κ1) is 18.3. The van der Waals surface area contributed by atoms with E-state index in [2.05, 4.69) is 5.32 Å². The van der Waals surface area contributed by atoms with Crippen LogP contribution in [0.2, 0.25) is 0 Å². The van der Waals surface area contributed by atoms with Gasteiger partial charge in [0.2, 0.25) is 0 Å². The normalized spacial score (nSPS) is 15.4. The molecule has 3 N–H and O–H groups in total. The Hall–Kier alpha value is -3.53. The van der Waals surface area contributed by atoms with Crippen molar-refractivity contribution in [1.82, 2.24) is 4.90 Å². The molecule has 0 bridgehead atoms. The van der Waals surface area contributed by atoms with E-state index in [0.717, 1.165) is 0 Å². The van der Waals surface area contributed by atoms with Gasteiger partial charge in [0.25, 0.3) is 5.91 Å². The summed E-state index contributed by atoms with van der Waals surface area (Å²) >= 11 is 0. The average molecular weight is 365 g/mol. The molecule has 7 heteroatoms. The molecule has 7 nitrogen and oxygen atoms in total. The Bertz CT molecular complexity index is 953. The fraction of sp³-hybridized carbons (Fsp3) is 0.250. The fourth-order valence-corrected chi connectivity index (χ4v) is 3.19. The van der Waals surface area contributed by atoms with E-state index in [0.29, 0.717) is 42.4 Å². The number of carbonyl (C=O) groups is 2. The maximum absolute atomic E-state index is 12.5. The quantitative estimate of drug-likeness (QED) is 0.567. The van der Waals surface area contributed by atoms with Gasteiger partial charge >= 0.3 is 5.97 Å². The lowest BCUT2D eigenvalue weighted by Gasteiger charge is -2.29. The van der Waals surface area contributed by atoms with Crippen molar-refractivity contribution in [3.05, 3.63) is 48.2 Å². The van der Waals surface area contributed by atoms with Crippen LogP contribution in [0.15, 0.2) is 48.2 Å². The van der Waals surface area contributed by atoms with Crippen LogP contribution in [0.3, 0.4) is 0 Å². The summed E-state index contributed by atoms with van der Waals surface area (Å²) in [6, 6.07) is 12.1. The number of nitriles is 1. The molecule has 0 atom stereocenters. The summed E-state index contributed by atoms with van der Waals surface area (Å²) in [5.74, 6) is -1.62. The van der Waals surface area contributed by atoms with E-state index >= 15 is 0 Å². The van der Waals surface area contributed by atoms with Gasteiger partial charge in [-0.2, -0.15) is 5.26 Å². The number of aliphatic carboxylic acids is 1. The first-order valence-electron chi connectivity index (χ1n) is 8.60. The molecule has 0 aliphatic carbocycles. The summed E-state index contributed by atoms with van der Waals surface area (Å²) in [6.45, 7) is 0.967. The van der Waals surface area contributed by atoms with Crippen LogP contribution in [-0.2, 0) is 9.59 Å². The number of likely N-dealkylation sites (tertiary alicyclic amines) is 1. The van der Waals surface area contributed by atoms with E-state index in [-0.39, 0.29) is 17.2 Å². The lowest BCUT2D eigenvalue weighted by atomic mass is 9.97. The van der Waals surface area contributed by atoms with Gasteiger partial charge in [-0.15, -0.1) is 0 Å². The van der Waals surface area contributed by atoms with Crippen molar-refractivity contribution in [2.24, 2.45) is 5.92 Å². The highest BCUT2D eigenvalue weighted by atomic mass is 16.4. The Morgan fingerprint density at radius 3 is 2.48 bits per heavy atom. The number of hydrogen-bond acceptors (Lipinski definition) is 5. The van der Waals surface area contributed by atoms with Crippen LogP contribution in [0.1, 0.15) is 12.8 Å². The largest absolute Gasteiger partial charge is 0.507 e. The predicted molar refractivity (Wildman–Crippen MR) is 99.9 cm³/mol. The molecule has 1 saturated heterocycles. The molecular formula is C20H19N3O4. The van der Waals surface area contributed by atoms with Crippen LogP contribution in [-0.4, -0.2) is 40.1 Å². The highest BCUT2D eigenvalue weighted by molar-refractivity contribution is 6.11. The molecule has 0 saturated carbocycles. The molecule has 1 fully saturated rings. The monoisotopic (exact) mass is 365 g/mol. The first-order chi connectivity index (χ1) is 13.0. The van der Waals surface area contributed by atoms with Gasteiger partial charge in [-0.3, -0.25) is 9.59 Å². The number of amides is 1. The highest BCUT2D eigenvalue weighted by Crippen LogP contribution is 2.30. The van der Waals surface area contributed by atoms with Crippen molar-refractivity contribution in [1.29, 1.82) is 5.26 Å². The van der Waals surface area contributed by atoms with Gasteiger partial charge in [0.1, 0.15) is 17.4 Å². The number of hydrogen-bond donors (Lipinski definition) is 3. The topological polar surface area (TPSA) is 114 Å². The number of fused-ring (bicyclic) bond motifs is 1. The summed E-state index contributed by atoms with van der Waals surface area (Å²) in [6.07, 6.45) is 2.44. The minimum absolute atomic E-state index is 0.0547. The van der Waals surface area contributed by atoms with Crippen molar-refractivity contribution in [2.45, 2.75) is 12.8 Å². The lowest BCUT2D eigenvalue weighted by molar-refractivity contribution is -0.143. The zero-order valence-electron chi connectivity index (χ0n) is 14.6. The standard InChI is InChI=1S/C20H19N3O4/c21-11-14(12-23-9-7-13(8-10-23)20(26)27)19(25)22-17-5-1-4-16-15(17)3-2-6-18(16)24/h1-6,12-13,24H,7-10H2,(H,22,25)(H,26,27)/b14-12-. The average Bonchev–Trinajstić information content (AvgIpc) is 2.67. The summed E-state index contributed by atoms with van der Waals surface area (Å²) in [4.78, 5) is 25.3.